The van der Waals surface area contributed by atoms with Gasteiger partial charge in [-0.1, -0.05) is 0 Å². The van der Waals surface area contributed by atoms with Gasteiger partial charge in [0.05, 0.1) is 4.92 Å². The molecule has 0 unspecified atom stereocenters. The molecule has 0 atom stereocenters. The Labute approximate surface area is 142 Å². The molecule has 8 nitrogen and oxygen atoms in total. The van der Waals surface area contributed by atoms with E-state index in [0.717, 1.165) is 23.4 Å². The average molecular weight is 381 g/mol. The van der Waals surface area contributed by atoms with Crippen LogP contribution in [0.4, 0.5) is 17.3 Å². The molecule has 1 aliphatic heterocycles. The maximum Gasteiger partial charge on any atom is 0.333 e. The lowest BCUT2D eigenvalue weighted by Crippen LogP contribution is -2.47. The Hall–Kier alpha value is -2.16. The molecular weight excluding hydrogens is 364 g/mol. The van der Waals surface area contributed by atoms with Crippen LogP contribution in [0.2, 0.25) is 0 Å². The van der Waals surface area contributed by atoms with Crippen molar-refractivity contribution < 1.29 is 4.92 Å². The second-order valence-electron chi connectivity index (χ2n) is 5.45. The molecule has 0 spiro atoms. The summed E-state index contributed by atoms with van der Waals surface area (Å²) in [4.78, 5) is 19.6. The van der Waals surface area contributed by atoms with Crippen molar-refractivity contribution in [2.45, 2.75) is 6.92 Å². The van der Waals surface area contributed by atoms with E-state index in [1.54, 1.807) is 24.9 Å². The second-order valence-corrected chi connectivity index (χ2v) is 6.36. The zero-order valence-corrected chi connectivity index (χ0v) is 14.5. The van der Waals surface area contributed by atoms with Gasteiger partial charge in [-0.3, -0.25) is 10.1 Å². The van der Waals surface area contributed by atoms with Crippen molar-refractivity contribution in [1.29, 1.82) is 0 Å². The standard InChI is InChI=1S/C14H17BrN6O2/c1-10-13(21(22)23)14(18(2)17-10)20-7-5-19(6-8-20)12-4-3-11(15)9-16-12/h3-4,9H,5-8H2,1-2H3. The third-order valence-electron chi connectivity index (χ3n) is 3.96. The number of hydrogen-bond acceptors (Lipinski definition) is 6. The Bertz CT molecular complexity index is 722. The van der Waals surface area contributed by atoms with E-state index in [0.29, 0.717) is 24.6 Å². The van der Waals surface area contributed by atoms with Gasteiger partial charge in [0.15, 0.2) is 0 Å². The Morgan fingerprint density at radius 2 is 1.87 bits per heavy atom. The van der Waals surface area contributed by atoms with Crippen LogP contribution in [0, 0.1) is 17.0 Å². The summed E-state index contributed by atoms with van der Waals surface area (Å²) in [6, 6.07) is 3.93. The minimum Gasteiger partial charge on any atom is -0.353 e. The third-order valence-corrected chi connectivity index (χ3v) is 4.43. The zero-order valence-electron chi connectivity index (χ0n) is 12.9. The van der Waals surface area contributed by atoms with Crippen LogP contribution in [0.3, 0.4) is 0 Å². The van der Waals surface area contributed by atoms with E-state index in [9.17, 15) is 10.1 Å². The molecule has 0 radical (unpaired) electrons. The van der Waals surface area contributed by atoms with E-state index in [-0.39, 0.29) is 10.6 Å². The van der Waals surface area contributed by atoms with Crippen LogP contribution in [0.1, 0.15) is 5.69 Å². The topological polar surface area (TPSA) is 80.3 Å². The SMILES string of the molecule is Cc1nn(C)c(N2CCN(c3ccc(Br)cn3)CC2)c1[N+](=O)[O-]. The highest BCUT2D eigenvalue weighted by Crippen LogP contribution is 2.31. The normalized spacial score (nSPS) is 15.1. The molecule has 0 saturated carbocycles. The first kappa shape index (κ1) is 15.7. The summed E-state index contributed by atoms with van der Waals surface area (Å²) in [5, 5.41) is 15.5. The van der Waals surface area contributed by atoms with Gasteiger partial charge >= 0.3 is 5.69 Å². The number of rotatable bonds is 3. The summed E-state index contributed by atoms with van der Waals surface area (Å²) in [7, 11) is 1.75. The van der Waals surface area contributed by atoms with E-state index in [4.69, 9.17) is 0 Å². The first-order chi connectivity index (χ1) is 11.0. The lowest BCUT2D eigenvalue weighted by molar-refractivity contribution is -0.384. The first-order valence-corrected chi connectivity index (χ1v) is 8.06. The molecule has 1 saturated heterocycles. The first-order valence-electron chi connectivity index (χ1n) is 7.27. The second kappa shape index (κ2) is 6.15. The number of aryl methyl sites for hydroxylation is 2. The largest absolute Gasteiger partial charge is 0.353 e. The summed E-state index contributed by atoms with van der Waals surface area (Å²) >= 11 is 3.38. The molecular formula is C14H17BrN6O2. The van der Waals surface area contributed by atoms with Crippen LogP contribution in [0.5, 0.6) is 0 Å². The molecule has 3 heterocycles. The van der Waals surface area contributed by atoms with Crippen molar-refractivity contribution >= 4 is 33.3 Å². The molecule has 3 rings (SSSR count). The lowest BCUT2D eigenvalue weighted by Gasteiger charge is -2.35. The van der Waals surface area contributed by atoms with Crippen LogP contribution in [-0.2, 0) is 7.05 Å². The monoisotopic (exact) mass is 380 g/mol. The van der Waals surface area contributed by atoms with Gasteiger partial charge in [0.2, 0.25) is 5.82 Å². The number of aromatic nitrogens is 3. The van der Waals surface area contributed by atoms with E-state index < -0.39 is 0 Å². The minimum atomic E-state index is -0.347. The number of pyridine rings is 1. The van der Waals surface area contributed by atoms with Crippen LogP contribution < -0.4 is 9.80 Å². The molecule has 2 aromatic heterocycles. The average Bonchev–Trinajstić information content (AvgIpc) is 2.83. The predicted octanol–water partition coefficient (Wildman–Crippen LogP) is 2.12. The molecule has 0 bridgehead atoms. The minimum absolute atomic E-state index is 0.0997. The molecule has 2 aromatic rings. The van der Waals surface area contributed by atoms with Gasteiger partial charge in [-0.2, -0.15) is 5.10 Å². The van der Waals surface area contributed by atoms with Gasteiger partial charge in [0.25, 0.3) is 0 Å². The fourth-order valence-electron chi connectivity index (χ4n) is 2.91. The van der Waals surface area contributed by atoms with E-state index in [1.165, 1.54) is 0 Å². The predicted molar refractivity (Wildman–Crippen MR) is 91.0 cm³/mol. The molecule has 23 heavy (non-hydrogen) atoms. The van der Waals surface area contributed by atoms with Crippen molar-refractivity contribution in [2.24, 2.45) is 7.05 Å². The number of nitro groups is 1. The Morgan fingerprint density at radius 3 is 2.43 bits per heavy atom. The van der Waals surface area contributed by atoms with Crippen LogP contribution in [-0.4, -0.2) is 45.9 Å². The lowest BCUT2D eigenvalue weighted by atomic mass is 10.2. The van der Waals surface area contributed by atoms with Crippen LogP contribution >= 0.6 is 15.9 Å². The molecule has 0 N–H and O–H groups in total. The number of hydrogen-bond donors (Lipinski definition) is 0. The highest BCUT2D eigenvalue weighted by Gasteiger charge is 2.30. The molecule has 122 valence electrons. The summed E-state index contributed by atoms with van der Waals surface area (Å²) in [6.45, 7) is 4.57. The fourth-order valence-corrected chi connectivity index (χ4v) is 3.14. The highest BCUT2D eigenvalue weighted by atomic mass is 79.9. The fraction of sp³-hybridized carbons (Fsp3) is 0.429. The van der Waals surface area contributed by atoms with Crippen molar-refractivity contribution in [1.82, 2.24) is 14.8 Å². The highest BCUT2D eigenvalue weighted by molar-refractivity contribution is 9.10. The summed E-state index contributed by atoms with van der Waals surface area (Å²) in [6.07, 6.45) is 1.77. The number of nitrogens with zero attached hydrogens (tertiary/aromatic N) is 6. The Balaban J connectivity index is 1.77. The summed E-state index contributed by atoms with van der Waals surface area (Å²) in [5.41, 5.74) is 0.548. The van der Waals surface area contributed by atoms with E-state index >= 15 is 0 Å². The molecule has 1 fully saturated rings. The van der Waals surface area contributed by atoms with Crippen LogP contribution in [0.15, 0.2) is 22.8 Å². The van der Waals surface area contributed by atoms with Crippen molar-refractivity contribution in [3.63, 3.8) is 0 Å². The quantitative estimate of drug-likeness (QED) is 0.599. The molecule has 1 aliphatic rings. The van der Waals surface area contributed by atoms with Crippen LogP contribution in [0.25, 0.3) is 0 Å². The summed E-state index contributed by atoms with van der Waals surface area (Å²) < 4.78 is 2.54. The molecule has 0 aliphatic carbocycles. The van der Waals surface area contributed by atoms with Gasteiger partial charge in [0.1, 0.15) is 11.5 Å². The molecule has 0 aromatic carbocycles. The van der Waals surface area contributed by atoms with E-state index in [2.05, 4.69) is 30.9 Å². The Morgan fingerprint density at radius 1 is 1.22 bits per heavy atom. The number of piperazine rings is 1. The van der Waals surface area contributed by atoms with Gasteiger partial charge in [0, 0.05) is 43.9 Å². The maximum absolute atomic E-state index is 11.3. The van der Waals surface area contributed by atoms with Gasteiger partial charge in [-0.15, -0.1) is 0 Å². The third kappa shape index (κ3) is 3.00. The van der Waals surface area contributed by atoms with Crippen molar-refractivity contribution in [2.75, 3.05) is 36.0 Å². The van der Waals surface area contributed by atoms with Crippen molar-refractivity contribution in [3.8, 4) is 0 Å². The molecule has 0 amide bonds. The number of halogens is 1. The molecule has 9 heteroatoms. The van der Waals surface area contributed by atoms with Gasteiger partial charge in [-0.05, 0) is 35.0 Å². The Kier molecular flexibility index (Phi) is 4.20. The van der Waals surface area contributed by atoms with Gasteiger partial charge in [-0.25, -0.2) is 9.67 Å². The van der Waals surface area contributed by atoms with Gasteiger partial charge < -0.3 is 9.80 Å². The summed E-state index contributed by atoms with van der Waals surface area (Å²) in [5.74, 6) is 1.50. The maximum atomic E-state index is 11.3. The zero-order chi connectivity index (χ0) is 16.6. The van der Waals surface area contributed by atoms with Crippen molar-refractivity contribution in [3.05, 3.63) is 38.6 Å². The number of anilines is 2. The van der Waals surface area contributed by atoms with E-state index in [1.807, 2.05) is 17.0 Å². The smallest absolute Gasteiger partial charge is 0.333 e.